The van der Waals surface area contributed by atoms with E-state index in [4.69, 9.17) is 0 Å². The molecule has 1 aromatic heterocycles. The highest BCUT2D eigenvalue weighted by Gasteiger charge is 2.20. The van der Waals surface area contributed by atoms with Gasteiger partial charge in [0.1, 0.15) is 0 Å². The van der Waals surface area contributed by atoms with Gasteiger partial charge in [0.25, 0.3) is 0 Å². The summed E-state index contributed by atoms with van der Waals surface area (Å²) in [5.74, 6) is 0.774. The molecule has 1 amide bonds. The molecule has 4 heteroatoms. The summed E-state index contributed by atoms with van der Waals surface area (Å²) < 4.78 is 0. The number of amides is 1. The van der Waals surface area contributed by atoms with Gasteiger partial charge in [0.15, 0.2) is 0 Å². The van der Waals surface area contributed by atoms with E-state index in [1.165, 1.54) is 25.1 Å². The van der Waals surface area contributed by atoms with Crippen LogP contribution in [0.2, 0.25) is 0 Å². The van der Waals surface area contributed by atoms with Gasteiger partial charge in [0.05, 0.1) is 0 Å². The number of likely N-dealkylation sites (N-methyl/N-ethyl adjacent to an activating group) is 1. The van der Waals surface area contributed by atoms with Crippen LogP contribution in [0.1, 0.15) is 17.9 Å². The van der Waals surface area contributed by atoms with Gasteiger partial charge in [-0.05, 0) is 49.7 Å². The zero-order valence-electron chi connectivity index (χ0n) is 13.9. The van der Waals surface area contributed by atoms with Crippen LogP contribution in [0.4, 0.5) is 5.69 Å². The van der Waals surface area contributed by atoms with E-state index < -0.39 is 0 Å². The number of anilines is 1. The van der Waals surface area contributed by atoms with Crippen LogP contribution >= 0.6 is 0 Å². The molecule has 1 atom stereocenters. The Hall–Kier alpha value is -2.59. The Morgan fingerprint density at radius 1 is 1.12 bits per heavy atom. The summed E-state index contributed by atoms with van der Waals surface area (Å²) in [5, 5.41) is 3.67. The van der Waals surface area contributed by atoms with Crippen LogP contribution in [0.3, 0.4) is 0 Å². The SMILES string of the molecule is CN1CCC(c2ccccc2)C1.O=CNc1cccc2[nH]ccc12. The first-order valence-electron chi connectivity index (χ1n) is 8.27. The third-order valence-corrected chi connectivity index (χ3v) is 4.47. The van der Waals surface area contributed by atoms with Crippen LogP contribution in [0.15, 0.2) is 60.8 Å². The smallest absolute Gasteiger partial charge is 0.211 e. The van der Waals surface area contributed by atoms with Crippen molar-refractivity contribution in [2.24, 2.45) is 0 Å². The van der Waals surface area contributed by atoms with Crippen molar-refractivity contribution < 1.29 is 4.79 Å². The summed E-state index contributed by atoms with van der Waals surface area (Å²) in [6.45, 7) is 2.48. The van der Waals surface area contributed by atoms with Gasteiger partial charge in [-0.2, -0.15) is 0 Å². The van der Waals surface area contributed by atoms with Gasteiger partial charge in [-0.1, -0.05) is 36.4 Å². The predicted molar refractivity (Wildman–Crippen MR) is 99.3 cm³/mol. The number of benzene rings is 2. The number of rotatable bonds is 3. The topological polar surface area (TPSA) is 48.1 Å². The molecule has 3 aromatic rings. The fourth-order valence-corrected chi connectivity index (χ4v) is 3.21. The first-order valence-corrected chi connectivity index (χ1v) is 8.27. The largest absolute Gasteiger partial charge is 0.361 e. The Bertz CT molecular complexity index is 782. The van der Waals surface area contributed by atoms with Gasteiger partial charge in [-0.3, -0.25) is 4.79 Å². The Balaban J connectivity index is 0.000000141. The average molecular weight is 321 g/mol. The molecule has 0 bridgehead atoms. The van der Waals surface area contributed by atoms with Crippen molar-refractivity contribution in [3.63, 3.8) is 0 Å². The number of carbonyl (C=O) groups is 1. The number of nitrogens with zero attached hydrogens (tertiary/aromatic N) is 1. The molecule has 1 aliphatic heterocycles. The molecule has 1 fully saturated rings. The average Bonchev–Trinajstić information content (AvgIpc) is 3.26. The highest BCUT2D eigenvalue weighted by Crippen LogP contribution is 2.25. The van der Waals surface area contributed by atoms with E-state index in [2.05, 4.69) is 52.6 Å². The maximum absolute atomic E-state index is 10.2. The molecule has 124 valence electrons. The van der Waals surface area contributed by atoms with Gasteiger partial charge in [-0.25, -0.2) is 0 Å². The summed E-state index contributed by atoms with van der Waals surface area (Å²) in [5.41, 5.74) is 3.37. The lowest BCUT2D eigenvalue weighted by molar-refractivity contribution is -0.105. The number of hydrogen-bond donors (Lipinski definition) is 2. The van der Waals surface area contributed by atoms with Crippen LogP contribution in [0.5, 0.6) is 0 Å². The monoisotopic (exact) mass is 321 g/mol. The van der Waals surface area contributed by atoms with Crippen molar-refractivity contribution >= 4 is 23.0 Å². The van der Waals surface area contributed by atoms with E-state index in [1.54, 1.807) is 0 Å². The standard InChI is InChI=1S/C11H15N.C9H8N2O/c1-12-8-7-11(9-12)10-5-3-2-4-6-10;12-6-11-9-3-1-2-8-7(9)4-5-10-8/h2-6,11H,7-9H2,1H3;1-6,10H,(H,11,12). The summed E-state index contributed by atoms with van der Waals surface area (Å²) in [6, 6.07) is 18.5. The van der Waals surface area contributed by atoms with Crippen LogP contribution in [-0.4, -0.2) is 36.4 Å². The predicted octanol–water partition coefficient (Wildman–Crippen LogP) is 3.84. The van der Waals surface area contributed by atoms with Crippen molar-refractivity contribution in [1.82, 2.24) is 9.88 Å². The molecule has 4 nitrogen and oxygen atoms in total. The van der Waals surface area contributed by atoms with Crippen molar-refractivity contribution in [2.75, 3.05) is 25.5 Å². The van der Waals surface area contributed by atoms with E-state index in [9.17, 15) is 4.79 Å². The number of likely N-dealkylation sites (tertiary alicyclic amines) is 1. The Morgan fingerprint density at radius 2 is 1.96 bits per heavy atom. The lowest BCUT2D eigenvalue weighted by atomic mass is 9.99. The van der Waals surface area contributed by atoms with Crippen LogP contribution in [-0.2, 0) is 4.79 Å². The lowest BCUT2D eigenvalue weighted by Gasteiger charge is -2.09. The second-order valence-corrected chi connectivity index (χ2v) is 6.17. The van der Waals surface area contributed by atoms with Crippen LogP contribution < -0.4 is 5.32 Å². The van der Waals surface area contributed by atoms with Gasteiger partial charge in [0.2, 0.25) is 6.41 Å². The number of H-pyrrole nitrogens is 1. The third-order valence-electron chi connectivity index (χ3n) is 4.47. The molecule has 2 N–H and O–H groups in total. The Labute approximate surface area is 142 Å². The molecule has 0 radical (unpaired) electrons. The number of hydrogen-bond acceptors (Lipinski definition) is 2. The van der Waals surface area contributed by atoms with Crippen molar-refractivity contribution in [3.05, 3.63) is 66.4 Å². The van der Waals surface area contributed by atoms with Crippen molar-refractivity contribution in [1.29, 1.82) is 0 Å². The molecule has 2 aromatic carbocycles. The molecular formula is C20H23N3O. The second kappa shape index (κ2) is 7.79. The van der Waals surface area contributed by atoms with Gasteiger partial charge >= 0.3 is 0 Å². The molecule has 2 heterocycles. The fraction of sp³-hybridized carbons (Fsp3) is 0.250. The molecule has 24 heavy (non-hydrogen) atoms. The van der Waals surface area contributed by atoms with Gasteiger partial charge in [0, 0.05) is 29.3 Å². The molecule has 1 aliphatic rings. The van der Waals surface area contributed by atoms with E-state index in [0.717, 1.165) is 22.5 Å². The number of fused-ring (bicyclic) bond motifs is 1. The molecular weight excluding hydrogens is 298 g/mol. The quantitative estimate of drug-likeness (QED) is 0.720. The minimum Gasteiger partial charge on any atom is -0.361 e. The van der Waals surface area contributed by atoms with Crippen LogP contribution in [0.25, 0.3) is 10.9 Å². The maximum atomic E-state index is 10.2. The summed E-state index contributed by atoms with van der Waals surface area (Å²) in [4.78, 5) is 15.7. The highest BCUT2D eigenvalue weighted by atomic mass is 16.1. The molecule has 1 saturated heterocycles. The lowest BCUT2D eigenvalue weighted by Crippen LogP contribution is -2.13. The van der Waals surface area contributed by atoms with Gasteiger partial charge < -0.3 is 15.2 Å². The Kier molecular flexibility index (Phi) is 5.29. The maximum Gasteiger partial charge on any atom is 0.211 e. The summed E-state index contributed by atoms with van der Waals surface area (Å²) in [7, 11) is 2.20. The Morgan fingerprint density at radius 3 is 2.67 bits per heavy atom. The minimum atomic E-state index is 0.682. The van der Waals surface area contributed by atoms with Crippen molar-refractivity contribution in [2.45, 2.75) is 12.3 Å². The molecule has 0 saturated carbocycles. The first-order chi connectivity index (χ1) is 11.8. The zero-order chi connectivity index (χ0) is 16.8. The summed E-state index contributed by atoms with van der Waals surface area (Å²) in [6.07, 6.45) is 3.85. The fourth-order valence-electron chi connectivity index (χ4n) is 3.21. The van der Waals surface area contributed by atoms with E-state index >= 15 is 0 Å². The normalized spacial score (nSPS) is 17.3. The summed E-state index contributed by atoms with van der Waals surface area (Å²) >= 11 is 0. The molecule has 4 rings (SSSR count). The highest BCUT2D eigenvalue weighted by molar-refractivity contribution is 5.95. The number of carbonyl (C=O) groups excluding carboxylic acids is 1. The number of aromatic nitrogens is 1. The molecule has 0 aliphatic carbocycles. The molecule has 0 spiro atoms. The van der Waals surface area contributed by atoms with Crippen molar-refractivity contribution in [3.8, 4) is 0 Å². The van der Waals surface area contributed by atoms with Crippen LogP contribution in [0, 0.1) is 0 Å². The number of nitrogens with one attached hydrogen (secondary N) is 2. The first kappa shape index (κ1) is 16.3. The number of aromatic amines is 1. The zero-order valence-corrected chi connectivity index (χ0v) is 13.9. The molecule has 1 unspecified atom stereocenters. The second-order valence-electron chi connectivity index (χ2n) is 6.17. The van der Waals surface area contributed by atoms with E-state index in [-0.39, 0.29) is 0 Å². The van der Waals surface area contributed by atoms with E-state index in [0.29, 0.717) is 6.41 Å². The van der Waals surface area contributed by atoms with Gasteiger partial charge in [-0.15, -0.1) is 0 Å². The minimum absolute atomic E-state index is 0.682. The van der Waals surface area contributed by atoms with E-state index in [1.807, 2.05) is 30.5 Å². The third kappa shape index (κ3) is 3.84.